The average molecular weight is 368 g/mol. The van der Waals surface area contributed by atoms with Crippen LogP contribution in [0.3, 0.4) is 0 Å². The molecular formula is C16H22ClN5OS. The lowest BCUT2D eigenvalue weighted by atomic mass is 10.1. The van der Waals surface area contributed by atoms with E-state index in [1.165, 1.54) is 11.5 Å². The van der Waals surface area contributed by atoms with Gasteiger partial charge in [0.1, 0.15) is 5.82 Å². The van der Waals surface area contributed by atoms with Gasteiger partial charge in [0, 0.05) is 49.8 Å². The van der Waals surface area contributed by atoms with Crippen LogP contribution in [0.15, 0.2) is 24.3 Å². The average Bonchev–Trinajstić information content (AvgIpc) is 2.86. The molecule has 0 spiro atoms. The second-order valence-corrected chi connectivity index (χ2v) is 6.39. The molecule has 8 heteroatoms. The van der Waals surface area contributed by atoms with Crippen molar-refractivity contribution in [3.63, 3.8) is 0 Å². The molecule has 1 saturated heterocycles. The maximum atomic E-state index is 12.7. The first-order valence-corrected chi connectivity index (χ1v) is 8.58. The van der Waals surface area contributed by atoms with Gasteiger partial charge in [-0.2, -0.15) is 4.37 Å². The van der Waals surface area contributed by atoms with Gasteiger partial charge in [0.2, 0.25) is 5.13 Å². The zero-order chi connectivity index (χ0) is 16.2. The summed E-state index contributed by atoms with van der Waals surface area (Å²) in [6, 6.07) is 7.56. The fourth-order valence-corrected chi connectivity index (χ4v) is 3.42. The monoisotopic (exact) mass is 367 g/mol. The minimum atomic E-state index is 0. The van der Waals surface area contributed by atoms with Crippen LogP contribution in [-0.4, -0.2) is 46.3 Å². The van der Waals surface area contributed by atoms with E-state index in [4.69, 9.17) is 5.73 Å². The molecule has 1 fully saturated rings. The maximum Gasteiger partial charge on any atom is 0.253 e. The van der Waals surface area contributed by atoms with Gasteiger partial charge in [-0.25, -0.2) is 4.98 Å². The number of halogens is 1. The first kappa shape index (κ1) is 18.6. The number of nitrogens with zero attached hydrogens (tertiary/aromatic N) is 4. The molecule has 24 heavy (non-hydrogen) atoms. The van der Waals surface area contributed by atoms with E-state index in [1.54, 1.807) is 0 Å². The molecular weight excluding hydrogens is 346 g/mol. The third-order valence-electron chi connectivity index (χ3n) is 4.01. The highest BCUT2D eigenvalue weighted by molar-refractivity contribution is 7.09. The molecule has 0 bridgehead atoms. The number of anilines is 1. The highest BCUT2D eigenvalue weighted by Crippen LogP contribution is 2.19. The molecule has 3 rings (SSSR count). The van der Waals surface area contributed by atoms with Crippen molar-refractivity contribution >= 4 is 35.0 Å². The highest BCUT2D eigenvalue weighted by atomic mass is 35.5. The van der Waals surface area contributed by atoms with Gasteiger partial charge in [-0.15, -0.1) is 12.4 Å². The fourth-order valence-electron chi connectivity index (χ4n) is 2.69. The van der Waals surface area contributed by atoms with Crippen molar-refractivity contribution in [1.29, 1.82) is 0 Å². The number of benzene rings is 1. The van der Waals surface area contributed by atoms with E-state index < -0.39 is 0 Å². The Kier molecular flexibility index (Phi) is 6.53. The summed E-state index contributed by atoms with van der Waals surface area (Å²) in [7, 11) is 0. The van der Waals surface area contributed by atoms with Gasteiger partial charge in [0.25, 0.3) is 5.91 Å². The van der Waals surface area contributed by atoms with Gasteiger partial charge >= 0.3 is 0 Å². The lowest BCUT2D eigenvalue weighted by Gasteiger charge is -2.21. The minimum Gasteiger partial charge on any atom is -0.345 e. The third kappa shape index (κ3) is 4.23. The summed E-state index contributed by atoms with van der Waals surface area (Å²) < 4.78 is 4.24. The van der Waals surface area contributed by atoms with Crippen molar-refractivity contribution in [3.8, 4) is 0 Å². The summed E-state index contributed by atoms with van der Waals surface area (Å²) >= 11 is 1.42. The molecule has 6 nitrogen and oxygen atoms in total. The standard InChI is InChI=1S/C16H21N5OS.ClH/c1-12-18-16(23-19-12)21-8-2-7-20(9-10-21)15(22)14-5-3-13(11-17)4-6-14;/h3-6H,2,7-11,17H2,1H3;1H. The Balaban J connectivity index is 0.00000208. The van der Waals surface area contributed by atoms with E-state index in [-0.39, 0.29) is 18.3 Å². The number of rotatable bonds is 3. The van der Waals surface area contributed by atoms with Gasteiger partial charge in [-0.1, -0.05) is 12.1 Å². The molecule has 2 aromatic rings. The summed E-state index contributed by atoms with van der Waals surface area (Å²) in [5.74, 6) is 0.894. The van der Waals surface area contributed by atoms with Gasteiger partial charge in [-0.05, 0) is 31.0 Å². The summed E-state index contributed by atoms with van der Waals surface area (Å²) in [5.41, 5.74) is 7.36. The normalized spacial score (nSPS) is 14.9. The largest absolute Gasteiger partial charge is 0.345 e. The van der Waals surface area contributed by atoms with Crippen molar-refractivity contribution in [2.45, 2.75) is 19.9 Å². The fraction of sp³-hybridized carbons (Fsp3) is 0.438. The number of hydrogen-bond acceptors (Lipinski definition) is 6. The lowest BCUT2D eigenvalue weighted by Crippen LogP contribution is -2.35. The summed E-state index contributed by atoms with van der Waals surface area (Å²) in [6.07, 6.45) is 0.936. The molecule has 2 N–H and O–H groups in total. The Morgan fingerprint density at radius 1 is 1.21 bits per heavy atom. The van der Waals surface area contributed by atoms with E-state index in [0.29, 0.717) is 13.1 Å². The molecule has 2 heterocycles. The number of hydrogen-bond donors (Lipinski definition) is 1. The smallest absolute Gasteiger partial charge is 0.253 e. The van der Waals surface area contributed by atoms with E-state index in [1.807, 2.05) is 36.1 Å². The van der Waals surface area contributed by atoms with Crippen LogP contribution in [-0.2, 0) is 6.54 Å². The second kappa shape index (κ2) is 8.41. The van der Waals surface area contributed by atoms with Crippen LogP contribution >= 0.6 is 23.9 Å². The molecule has 1 amide bonds. The molecule has 0 saturated carbocycles. The van der Waals surface area contributed by atoms with Crippen LogP contribution in [0.5, 0.6) is 0 Å². The Morgan fingerprint density at radius 3 is 2.58 bits per heavy atom. The molecule has 1 aromatic carbocycles. The Bertz CT molecular complexity index is 675. The maximum absolute atomic E-state index is 12.7. The van der Waals surface area contributed by atoms with Gasteiger partial charge in [0.15, 0.2) is 0 Å². The van der Waals surface area contributed by atoms with E-state index in [0.717, 1.165) is 48.1 Å². The predicted octanol–water partition coefficient (Wildman–Crippen LogP) is 2.08. The number of amides is 1. The molecule has 0 unspecified atom stereocenters. The first-order valence-electron chi connectivity index (χ1n) is 7.81. The molecule has 0 atom stereocenters. The number of aryl methyl sites for hydroxylation is 1. The molecule has 130 valence electrons. The number of carbonyl (C=O) groups excluding carboxylic acids is 1. The number of carbonyl (C=O) groups is 1. The minimum absolute atomic E-state index is 0. The van der Waals surface area contributed by atoms with Crippen LogP contribution < -0.4 is 10.6 Å². The summed E-state index contributed by atoms with van der Waals surface area (Å²) in [6.45, 7) is 5.57. The Morgan fingerprint density at radius 2 is 1.96 bits per heavy atom. The topological polar surface area (TPSA) is 75.4 Å². The van der Waals surface area contributed by atoms with Crippen LogP contribution in [0.2, 0.25) is 0 Å². The summed E-state index contributed by atoms with van der Waals surface area (Å²) in [5, 5.41) is 0.948. The SMILES string of the molecule is Cc1nsc(N2CCCN(C(=O)c3ccc(CN)cc3)CC2)n1.Cl. The van der Waals surface area contributed by atoms with Gasteiger partial charge in [0.05, 0.1) is 0 Å². The first-order chi connectivity index (χ1) is 11.2. The van der Waals surface area contributed by atoms with Crippen LogP contribution in [0, 0.1) is 6.92 Å². The van der Waals surface area contributed by atoms with Crippen molar-refractivity contribution in [2.24, 2.45) is 5.73 Å². The third-order valence-corrected chi connectivity index (χ3v) is 4.88. The zero-order valence-corrected chi connectivity index (χ0v) is 15.3. The van der Waals surface area contributed by atoms with Crippen molar-refractivity contribution < 1.29 is 4.79 Å². The Hall–Kier alpha value is -1.70. The second-order valence-electron chi connectivity index (χ2n) is 5.66. The van der Waals surface area contributed by atoms with Crippen LogP contribution in [0.4, 0.5) is 5.13 Å². The molecule has 0 aliphatic carbocycles. The zero-order valence-electron chi connectivity index (χ0n) is 13.6. The molecule has 1 aliphatic rings. The number of aromatic nitrogens is 2. The van der Waals surface area contributed by atoms with Crippen molar-refractivity contribution in [1.82, 2.24) is 14.3 Å². The molecule has 1 aromatic heterocycles. The molecule has 1 aliphatic heterocycles. The van der Waals surface area contributed by atoms with Crippen LogP contribution in [0.25, 0.3) is 0 Å². The van der Waals surface area contributed by atoms with E-state index in [9.17, 15) is 4.79 Å². The van der Waals surface area contributed by atoms with Crippen molar-refractivity contribution in [2.75, 3.05) is 31.1 Å². The van der Waals surface area contributed by atoms with Gasteiger partial charge < -0.3 is 15.5 Å². The van der Waals surface area contributed by atoms with E-state index in [2.05, 4.69) is 14.3 Å². The Labute approximate surface area is 152 Å². The summed E-state index contributed by atoms with van der Waals surface area (Å²) in [4.78, 5) is 21.2. The highest BCUT2D eigenvalue weighted by Gasteiger charge is 2.21. The predicted molar refractivity (Wildman–Crippen MR) is 99.0 cm³/mol. The lowest BCUT2D eigenvalue weighted by molar-refractivity contribution is 0.0767. The van der Waals surface area contributed by atoms with Gasteiger partial charge in [-0.3, -0.25) is 4.79 Å². The quantitative estimate of drug-likeness (QED) is 0.898. The molecule has 0 radical (unpaired) electrons. The van der Waals surface area contributed by atoms with E-state index >= 15 is 0 Å². The number of nitrogens with two attached hydrogens (primary N) is 1. The van der Waals surface area contributed by atoms with Crippen molar-refractivity contribution in [3.05, 3.63) is 41.2 Å². The van der Waals surface area contributed by atoms with Crippen LogP contribution in [0.1, 0.15) is 28.2 Å².